The van der Waals surface area contributed by atoms with Crippen molar-refractivity contribution in [2.75, 3.05) is 27.4 Å². The molecule has 0 spiro atoms. The molecule has 138 valence electrons. The lowest BCUT2D eigenvalue weighted by Gasteiger charge is -2.38. The third-order valence-corrected chi connectivity index (χ3v) is 4.70. The minimum absolute atomic E-state index is 0.00214. The predicted octanol–water partition coefficient (Wildman–Crippen LogP) is 3.18. The van der Waals surface area contributed by atoms with Crippen LogP contribution in [0.3, 0.4) is 0 Å². The second-order valence-corrected chi connectivity index (χ2v) is 6.52. The molecule has 0 bridgehead atoms. The summed E-state index contributed by atoms with van der Waals surface area (Å²) in [6, 6.07) is 15.5. The van der Waals surface area contributed by atoms with Crippen molar-refractivity contribution in [3.63, 3.8) is 0 Å². The van der Waals surface area contributed by atoms with Crippen LogP contribution >= 0.6 is 0 Å². The fourth-order valence-corrected chi connectivity index (χ4v) is 3.24. The van der Waals surface area contributed by atoms with Crippen LogP contribution in [0.1, 0.15) is 22.8 Å². The highest BCUT2D eigenvalue weighted by atomic mass is 16.5. The van der Waals surface area contributed by atoms with Gasteiger partial charge in [0.05, 0.1) is 33.0 Å². The molecule has 5 heteroatoms. The predicted molar refractivity (Wildman–Crippen MR) is 99.9 cm³/mol. The van der Waals surface area contributed by atoms with Crippen molar-refractivity contribution in [1.29, 1.82) is 0 Å². The van der Waals surface area contributed by atoms with Crippen LogP contribution in [0.25, 0.3) is 0 Å². The summed E-state index contributed by atoms with van der Waals surface area (Å²) in [5, 5.41) is 0. The molecule has 1 fully saturated rings. The number of hydrogen-bond donors (Lipinski definition) is 0. The monoisotopic (exact) mass is 355 g/mol. The Morgan fingerprint density at radius 2 is 1.85 bits per heavy atom. The van der Waals surface area contributed by atoms with Gasteiger partial charge in [-0.15, -0.1) is 0 Å². The fraction of sp³-hybridized carbons (Fsp3) is 0.381. The van der Waals surface area contributed by atoms with Crippen LogP contribution in [0.5, 0.6) is 11.5 Å². The SMILES string of the molecule is COc1ccc(C(=O)N2CC(Cc3ccccc3)OCC2C)cc1OC. The Balaban J connectivity index is 1.75. The van der Waals surface area contributed by atoms with Gasteiger partial charge in [-0.1, -0.05) is 30.3 Å². The van der Waals surface area contributed by atoms with E-state index in [1.807, 2.05) is 30.0 Å². The average molecular weight is 355 g/mol. The third-order valence-electron chi connectivity index (χ3n) is 4.70. The Bertz CT molecular complexity index is 747. The second-order valence-electron chi connectivity index (χ2n) is 6.52. The number of morpholine rings is 1. The standard InChI is InChI=1S/C21H25NO4/c1-15-14-26-18(11-16-7-5-4-6-8-16)13-22(15)21(23)17-9-10-19(24-2)20(12-17)25-3/h4-10,12,15,18H,11,13-14H2,1-3H3. The van der Waals surface area contributed by atoms with Crippen LogP contribution in [0.15, 0.2) is 48.5 Å². The molecule has 0 saturated carbocycles. The third kappa shape index (κ3) is 3.99. The van der Waals surface area contributed by atoms with Crippen molar-refractivity contribution in [2.24, 2.45) is 0 Å². The molecule has 1 aliphatic rings. The number of rotatable bonds is 5. The number of nitrogens with zero attached hydrogens (tertiary/aromatic N) is 1. The van der Waals surface area contributed by atoms with E-state index in [1.54, 1.807) is 32.4 Å². The van der Waals surface area contributed by atoms with E-state index in [-0.39, 0.29) is 18.1 Å². The van der Waals surface area contributed by atoms with E-state index in [9.17, 15) is 4.79 Å². The number of carbonyl (C=O) groups is 1. The molecular formula is C21H25NO4. The molecule has 1 heterocycles. The van der Waals surface area contributed by atoms with E-state index in [0.717, 1.165) is 6.42 Å². The van der Waals surface area contributed by atoms with E-state index >= 15 is 0 Å². The van der Waals surface area contributed by atoms with Crippen molar-refractivity contribution in [2.45, 2.75) is 25.5 Å². The first-order valence-electron chi connectivity index (χ1n) is 8.81. The van der Waals surface area contributed by atoms with E-state index in [0.29, 0.717) is 30.2 Å². The molecule has 26 heavy (non-hydrogen) atoms. The first-order valence-corrected chi connectivity index (χ1v) is 8.81. The zero-order chi connectivity index (χ0) is 18.5. The number of ether oxygens (including phenoxy) is 3. The molecule has 0 aromatic heterocycles. The van der Waals surface area contributed by atoms with Crippen molar-refractivity contribution < 1.29 is 19.0 Å². The zero-order valence-electron chi connectivity index (χ0n) is 15.5. The summed E-state index contributed by atoms with van der Waals surface area (Å²) >= 11 is 0. The molecule has 1 amide bonds. The Hall–Kier alpha value is -2.53. The Kier molecular flexibility index (Phi) is 5.78. The minimum atomic E-state index is -0.0141. The van der Waals surface area contributed by atoms with Crippen LogP contribution in [-0.4, -0.2) is 50.3 Å². The average Bonchev–Trinajstić information content (AvgIpc) is 2.69. The maximum absolute atomic E-state index is 13.0. The molecule has 1 aliphatic heterocycles. The minimum Gasteiger partial charge on any atom is -0.493 e. The molecule has 2 atom stereocenters. The first-order chi connectivity index (χ1) is 12.6. The number of carbonyl (C=O) groups excluding carboxylic acids is 1. The largest absolute Gasteiger partial charge is 0.493 e. The van der Waals surface area contributed by atoms with Crippen LogP contribution in [0, 0.1) is 0 Å². The van der Waals surface area contributed by atoms with Crippen molar-refractivity contribution in [3.8, 4) is 11.5 Å². The Morgan fingerprint density at radius 1 is 1.12 bits per heavy atom. The summed E-state index contributed by atoms with van der Waals surface area (Å²) in [4.78, 5) is 14.9. The van der Waals surface area contributed by atoms with Crippen molar-refractivity contribution in [3.05, 3.63) is 59.7 Å². The smallest absolute Gasteiger partial charge is 0.254 e. The van der Waals surface area contributed by atoms with Crippen molar-refractivity contribution >= 4 is 5.91 Å². The molecular weight excluding hydrogens is 330 g/mol. The van der Waals surface area contributed by atoms with Gasteiger partial charge in [0.1, 0.15) is 0 Å². The number of amides is 1. The van der Waals surface area contributed by atoms with Crippen LogP contribution in [0.2, 0.25) is 0 Å². The molecule has 0 N–H and O–H groups in total. The summed E-state index contributed by atoms with van der Waals surface area (Å²) in [6.45, 7) is 3.12. The fourth-order valence-electron chi connectivity index (χ4n) is 3.24. The summed E-state index contributed by atoms with van der Waals surface area (Å²) in [7, 11) is 3.15. The van der Waals surface area contributed by atoms with Crippen molar-refractivity contribution in [1.82, 2.24) is 4.90 Å². The molecule has 1 saturated heterocycles. The maximum Gasteiger partial charge on any atom is 0.254 e. The summed E-state index contributed by atoms with van der Waals surface area (Å²) in [6.07, 6.45) is 0.793. The van der Waals surface area contributed by atoms with Crippen LogP contribution in [0.4, 0.5) is 0 Å². The normalized spacial score (nSPS) is 19.9. The molecule has 0 aliphatic carbocycles. The highest BCUT2D eigenvalue weighted by Crippen LogP contribution is 2.29. The van der Waals surface area contributed by atoms with Gasteiger partial charge in [-0.25, -0.2) is 0 Å². The first kappa shape index (κ1) is 18.3. The molecule has 5 nitrogen and oxygen atoms in total. The van der Waals surface area contributed by atoms with Gasteiger partial charge in [-0.05, 0) is 30.7 Å². The molecule has 0 radical (unpaired) electrons. The van der Waals surface area contributed by atoms with Gasteiger partial charge in [0, 0.05) is 18.5 Å². The van der Waals surface area contributed by atoms with Crippen LogP contribution < -0.4 is 9.47 Å². The zero-order valence-corrected chi connectivity index (χ0v) is 15.5. The van der Waals surface area contributed by atoms with E-state index in [4.69, 9.17) is 14.2 Å². The summed E-state index contributed by atoms with van der Waals surface area (Å²) in [5.74, 6) is 1.15. The second kappa shape index (κ2) is 8.23. The molecule has 2 aromatic carbocycles. The van der Waals surface area contributed by atoms with Gasteiger partial charge in [-0.3, -0.25) is 4.79 Å². The van der Waals surface area contributed by atoms with Gasteiger partial charge >= 0.3 is 0 Å². The number of methoxy groups -OCH3 is 2. The number of benzene rings is 2. The summed E-state index contributed by atoms with van der Waals surface area (Å²) in [5.41, 5.74) is 1.81. The van der Waals surface area contributed by atoms with E-state index in [2.05, 4.69) is 12.1 Å². The van der Waals surface area contributed by atoms with E-state index < -0.39 is 0 Å². The summed E-state index contributed by atoms with van der Waals surface area (Å²) < 4.78 is 16.5. The van der Waals surface area contributed by atoms with Gasteiger partial charge in [0.25, 0.3) is 5.91 Å². The van der Waals surface area contributed by atoms with Gasteiger partial charge < -0.3 is 19.1 Å². The number of hydrogen-bond acceptors (Lipinski definition) is 4. The highest BCUT2D eigenvalue weighted by molar-refractivity contribution is 5.95. The topological polar surface area (TPSA) is 48.0 Å². The maximum atomic E-state index is 13.0. The lowest BCUT2D eigenvalue weighted by molar-refractivity contribution is -0.0464. The van der Waals surface area contributed by atoms with Gasteiger partial charge in [-0.2, -0.15) is 0 Å². The Morgan fingerprint density at radius 3 is 2.54 bits per heavy atom. The quantitative estimate of drug-likeness (QED) is 0.827. The molecule has 2 unspecified atom stereocenters. The lowest BCUT2D eigenvalue weighted by Crippen LogP contribution is -2.51. The van der Waals surface area contributed by atoms with E-state index in [1.165, 1.54) is 5.56 Å². The lowest BCUT2D eigenvalue weighted by atomic mass is 10.0. The van der Waals surface area contributed by atoms with Gasteiger partial charge in [0.2, 0.25) is 0 Å². The highest BCUT2D eigenvalue weighted by Gasteiger charge is 2.30. The molecule has 3 rings (SSSR count). The van der Waals surface area contributed by atoms with Gasteiger partial charge in [0.15, 0.2) is 11.5 Å². The molecule has 2 aromatic rings. The Labute approximate surface area is 154 Å². The van der Waals surface area contributed by atoms with Crippen LogP contribution in [-0.2, 0) is 11.2 Å².